The number of para-hydroxylation sites is 1. The first kappa shape index (κ1) is 25.9. The molecule has 1 aliphatic carbocycles. The highest BCUT2D eigenvalue weighted by Crippen LogP contribution is 2.38. The largest absolute Gasteiger partial charge is 0.497 e. The van der Waals surface area contributed by atoms with Crippen molar-refractivity contribution in [1.29, 1.82) is 0 Å². The van der Waals surface area contributed by atoms with Crippen LogP contribution in [0.4, 0.5) is 0 Å². The number of methoxy groups -OCH3 is 1. The fourth-order valence-electron chi connectivity index (χ4n) is 5.36. The molecule has 9 heteroatoms. The Balaban J connectivity index is 1.42. The van der Waals surface area contributed by atoms with Crippen LogP contribution in [0.3, 0.4) is 0 Å². The van der Waals surface area contributed by atoms with E-state index in [9.17, 15) is 18.0 Å². The molecule has 38 heavy (non-hydrogen) atoms. The molecular weight excluding hydrogens is 504 g/mol. The molecule has 1 amide bonds. The predicted molar refractivity (Wildman–Crippen MR) is 146 cm³/mol. The number of benzene rings is 2. The second kappa shape index (κ2) is 10.6. The highest BCUT2D eigenvalue weighted by molar-refractivity contribution is 7.91. The van der Waals surface area contributed by atoms with Crippen LogP contribution in [0.1, 0.15) is 46.9 Å². The second-order valence-corrected chi connectivity index (χ2v) is 11.8. The Morgan fingerprint density at radius 1 is 1.11 bits per heavy atom. The van der Waals surface area contributed by atoms with Gasteiger partial charge in [0.05, 0.1) is 35.4 Å². The van der Waals surface area contributed by atoms with E-state index < -0.39 is 28.3 Å². The summed E-state index contributed by atoms with van der Waals surface area (Å²) in [7, 11) is -1.51. The number of pyridine rings is 1. The number of fused-ring (bicyclic) bond motifs is 2. The van der Waals surface area contributed by atoms with Gasteiger partial charge in [0.2, 0.25) is 0 Å². The maximum absolute atomic E-state index is 13.4. The molecule has 1 aromatic heterocycles. The lowest BCUT2D eigenvalue weighted by Gasteiger charge is -2.26. The average molecular weight is 535 g/mol. The summed E-state index contributed by atoms with van der Waals surface area (Å²) in [4.78, 5) is 32.8. The molecule has 1 fully saturated rings. The Hall–Kier alpha value is -3.72. The number of carbonyl (C=O) groups excluding carboxylic acids is 2. The molecule has 0 N–H and O–H groups in total. The number of nitrogens with zero attached hydrogens (tertiary/aromatic N) is 2. The minimum absolute atomic E-state index is 0.0493. The van der Waals surface area contributed by atoms with Crippen LogP contribution < -0.4 is 4.74 Å². The van der Waals surface area contributed by atoms with E-state index in [0.717, 1.165) is 34.6 Å². The van der Waals surface area contributed by atoms with E-state index in [-0.39, 0.29) is 17.5 Å². The van der Waals surface area contributed by atoms with E-state index in [0.29, 0.717) is 35.9 Å². The lowest BCUT2D eigenvalue weighted by molar-refractivity contribution is -0.136. The van der Waals surface area contributed by atoms with Crippen LogP contribution >= 0.6 is 0 Å². The highest BCUT2D eigenvalue weighted by Gasteiger charge is 2.34. The van der Waals surface area contributed by atoms with Crippen molar-refractivity contribution in [3.05, 3.63) is 70.9 Å². The Morgan fingerprint density at radius 3 is 2.55 bits per heavy atom. The van der Waals surface area contributed by atoms with Gasteiger partial charge in [-0.05, 0) is 67.2 Å². The molecule has 0 bridgehead atoms. The van der Waals surface area contributed by atoms with E-state index in [2.05, 4.69) is 6.08 Å². The Bertz CT molecular complexity index is 1530. The smallest absolute Gasteiger partial charge is 0.339 e. The molecule has 1 atom stereocenters. The van der Waals surface area contributed by atoms with Crippen molar-refractivity contribution in [2.75, 3.05) is 31.8 Å². The number of amides is 1. The van der Waals surface area contributed by atoms with E-state index >= 15 is 0 Å². The molecule has 198 valence electrons. The van der Waals surface area contributed by atoms with Crippen LogP contribution in [-0.2, 0) is 25.8 Å². The molecule has 5 rings (SSSR count). The number of likely N-dealkylation sites (N-methyl/N-ethyl adjacent to an activating group) is 1. The number of carbonyl (C=O) groups is 2. The molecule has 1 aliphatic heterocycles. The lowest BCUT2D eigenvalue weighted by Crippen LogP contribution is -2.43. The van der Waals surface area contributed by atoms with Crippen LogP contribution in [0.5, 0.6) is 5.75 Å². The summed E-state index contributed by atoms with van der Waals surface area (Å²) in [5.41, 5.74) is 4.73. The van der Waals surface area contributed by atoms with Gasteiger partial charge in [-0.1, -0.05) is 30.3 Å². The fraction of sp³-hybridized carbons (Fsp3) is 0.345. The van der Waals surface area contributed by atoms with E-state index in [1.54, 1.807) is 14.0 Å². The third-order valence-corrected chi connectivity index (χ3v) is 8.99. The zero-order chi connectivity index (χ0) is 26.9. The van der Waals surface area contributed by atoms with E-state index in [1.807, 2.05) is 48.5 Å². The fourth-order valence-corrected chi connectivity index (χ4v) is 7.09. The maximum Gasteiger partial charge on any atom is 0.339 e. The number of ether oxygens (including phenoxy) is 2. The first-order valence-electron chi connectivity index (χ1n) is 12.7. The standard InChI is InChI=1S/C29H30N2O6S/c1-3-31(21-14-15-38(34,35)18-21)26(32)17-37-29(33)27-23-6-4-5-7-25(23)30-28-20(10-13-24(27)28)16-19-8-11-22(36-2)12-9-19/h4-9,11-12,16,21H,3,10,13-15,17-18H2,1-2H3/b20-16+/t21-/m1/s1. The van der Waals surface area contributed by atoms with Crippen molar-refractivity contribution in [2.45, 2.75) is 32.2 Å². The monoisotopic (exact) mass is 534 g/mol. The molecule has 0 radical (unpaired) electrons. The van der Waals surface area contributed by atoms with Gasteiger partial charge < -0.3 is 14.4 Å². The van der Waals surface area contributed by atoms with E-state index in [1.165, 1.54) is 4.90 Å². The van der Waals surface area contributed by atoms with Gasteiger partial charge in [-0.3, -0.25) is 4.79 Å². The summed E-state index contributed by atoms with van der Waals surface area (Å²) in [6.45, 7) is 1.71. The molecule has 0 unspecified atom stereocenters. The van der Waals surface area contributed by atoms with Crippen LogP contribution in [0, 0.1) is 0 Å². The Kier molecular flexibility index (Phi) is 7.21. The topological polar surface area (TPSA) is 103 Å². The first-order chi connectivity index (χ1) is 18.3. The molecule has 2 aromatic carbocycles. The summed E-state index contributed by atoms with van der Waals surface area (Å²) in [5.74, 6) is -0.166. The van der Waals surface area contributed by atoms with Crippen LogP contribution in [0.15, 0.2) is 48.5 Å². The van der Waals surface area contributed by atoms with Crippen LogP contribution in [0.25, 0.3) is 22.6 Å². The van der Waals surface area contributed by atoms with Crippen molar-refractivity contribution in [3.63, 3.8) is 0 Å². The summed E-state index contributed by atoms with van der Waals surface area (Å²) in [6.07, 6.45) is 3.83. The molecule has 0 spiro atoms. The number of allylic oxidation sites excluding steroid dienone is 1. The van der Waals surface area contributed by atoms with Gasteiger partial charge in [0, 0.05) is 18.0 Å². The molecule has 2 aliphatic rings. The van der Waals surface area contributed by atoms with Gasteiger partial charge in [-0.2, -0.15) is 0 Å². The van der Waals surface area contributed by atoms with Crippen LogP contribution in [0.2, 0.25) is 0 Å². The Morgan fingerprint density at radius 2 is 1.87 bits per heavy atom. The molecular formula is C29H30N2O6S. The maximum atomic E-state index is 13.4. The van der Waals surface area contributed by atoms with Crippen LogP contribution in [-0.4, -0.2) is 68.0 Å². The van der Waals surface area contributed by atoms with Crippen molar-refractivity contribution < 1.29 is 27.5 Å². The van der Waals surface area contributed by atoms with Gasteiger partial charge >= 0.3 is 5.97 Å². The minimum atomic E-state index is -3.14. The van der Waals surface area contributed by atoms with Crippen molar-refractivity contribution in [1.82, 2.24) is 9.88 Å². The molecule has 0 saturated carbocycles. The first-order valence-corrected chi connectivity index (χ1v) is 14.6. The number of esters is 1. The van der Waals surface area contributed by atoms with Gasteiger partial charge in [-0.25, -0.2) is 18.2 Å². The molecule has 1 saturated heterocycles. The molecule has 8 nitrogen and oxygen atoms in total. The molecule has 2 heterocycles. The van der Waals surface area contributed by atoms with Gasteiger partial charge in [0.1, 0.15) is 5.75 Å². The number of hydrogen-bond acceptors (Lipinski definition) is 7. The summed E-state index contributed by atoms with van der Waals surface area (Å²) < 4.78 is 34.6. The van der Waals surface area contributed by atoms with Gasteiger partial charge in [0.25, 0.3) is 5.91 Å². The van der Waals surface area contributed by atoms with E-state index in [4.69, 9.17) is 14.5 Å². The van der Waals surface area contributed by atoms with Gasteiger partial charge in [-0.15, -0.1) is 0 Å². The van der Waals surface area contributed by atoms with Crippen molar-refractivity contribution in [3.8, 4) is 5.75 Å². The second-order valence-electron chi connectivity index (χ2n) is 9.59. The number of rotatable bonds is 7. The summed E-state index contributed by atoms with van der Waals surface area (Å²) in [5, 5.41) is 0.684. The van der Waals surface area contributed by atoms with Crippen molar-refractivity contribution in [2.24, 2.45) is 0 Å². The molecule has 3 aromatic rings. The summed E-state index contributed by atoms with van der Waals surface area (Å²) >= 11 is 0. The zero-order valence-electron chi connectivity index (χ0n) is 21.5. The third-order valence-electron chi connectivity index (χ3n) is 7.24. The quantitative estimate of drug-likeness (QED) is 0.423. The van der Waals surface area contributed by atoms with Gasteiger partial charge in [0.15, 0.2) is 16.4 Å². The lowest BCUT2D eigenvalue weighted by atomic mass is 10.0. The zero-order valence-corrected chi connectivity index (χ0v) is 22.3. The SMILES string of the molecule is CCN(C(=O)COC(=O)c1c2c(nc3ccccc13)/C(=C/c1ccc(OC)cc1)CC2)[C@@H]1CCS(=O)(=O)C1. The normalized spacial score (nSPS) is 18.9. The summed E-state index contributed by atoms with van der Waals surface area (Å²) in [6, 6.07) is 14.8. The minimum Gasteiger partial charge on any atom is -0.497 e. The predicted octanol–water partition coefficient (Wildman–Crippen LogP) is 3.92. The van der Waals surface area contributed by atoms with Crippen molar-refractivity contribution >= 4 is 44.3 Å². The Labute approximate surface area is 222 Å². The average Bonchev–Trinajstić information content (AvgIpc) is 3.48. The number of aromatic nitrogens is 1. The number of sulfone groups is 1. The number of hydrogen-bond donors (Lipinski definition) is 0. The third kappa shape index (κ3) is 5.15. The highest BCUT2D eigenvalue weighted by atomic mass is 32.2.